The molecule has 1 heterocycles. The lowest BCUT2D eigenvalue weighted by molar-refractivity contribution is -0.00886. The fourth-order valence-corrected chi connectivity index (χ4v) is 3.10. The summed E-state index contributed by atoms with van der Waals surface area (Å²) in [6, 6.07) is 11.0. The van der Waals surface area contributed by atoms with Crippen LogP contribution in [0.25, 0.3) is 0 Å². The minimum Gasteiger partial charge on any atom is -0.371 e. The first-order valence-electron chi connectivity index (χ1n) is 8.02. The molecule has 1 saturated heterocycles. The van der Waals surface area contributed by atoms with Crippen LogP contribution in [0.1, 0.15) is 52.2 Å². The molecule has 2 atom stereocenters. The number of ether oxygens (including phenoxy) is 1. The SMILES string of the molecule is CCC1(CC)CNC(C(C)C)C(c2ccccc2)OC1. The summed E-state index contributed by atoms with van der Waals surface area (Å²) in [6.07, 6.45) is 2.50. The summed E-state index contributed by atoms with van der Waals surface area (Å²) in [7, 11) is 0. The lowest BCUT2D eigenvalue weighted by Crippen LogP contribution is -2.42. The van der Waals surface area contributed by atoms with Gasteiger partial charge in [-0.15, -0.1) is 0 Å². The van der Waals surface area contributed by atoms with Crippen LogP contribution in [0, 0.1) is 11.3 Å². The van der Waals surface area contributed by atoms with Gasteiger partial charge in [0.2, 0.25) is 0 Å². The number of hydrogen-bond acceptors (Lipinski definition) is 2. The molecule has 2 rings (SSSR count). The Labute approximate surface area is 123 Å². The van der Waals surface area contributed by atoms with E-state index in [1.807, 2.05) is 0 Å². The van der Waals surface area contributed by atoms with Crippen LogP contribution in [0.2, 0.25) is 0 Å². The van der Waals surface area contributed by atoms with Gasteiger partial charge in [0, 0.05) is 18.0 Å². The third-order valence-corrected chi connectivity index (χ3v) is 4.95. The molecule has 0 radical (unpaired) electrons. The van der Waals surface area contributed by atoms with Crippen LogP contribution < -0.4 is 5.32 Å². The molecule has 1 aliphatic heterocycles. The Morgan fingerprint density at radius 3 is 2.40 bits per heavy atom. The van der Waals surface area contributed by atoms with E-state index in [0.29, 0.717) is 12.0 Å². The van der Waals surface area contributed by atoms with Crippen molar-refractivity contribution in [1.29, 1.82) is 0 Å². The number of hydrogen-bond donors (Lipinski definition) is 1. The van der Waals surface area contributed by atoms with Crippen LogP contribution in [0.5, 0.6) is 0 Å². The molecule has 0 aromatic heterocycles. The van der Waals surface area contributed by atoms with Crippen molar-refractivity contribution in [3.8, 4) is 0 Å². The fraction of sp³-hybridized carbons (Fsp3) is 0.667. The minimum atomic E-state index is 0.163. The standard InChI is InChI=1S/C18H29NO/c1-5-18(6-2)12-19-16(14(3)4)17(20-13-18)15-10-8-7-9-11-15/h7-11,14,16-17,19H,5-6,12-13H2,1-4H3. The van der Waals surface area contributed by atoms with Crippen molar-refractivity contribution >= 4 is 0 Å². The summed E-state index contributed by atoms with van der Waals surface area (Å²) < 4.78 is 6.40. The van der Waals surface area contributed by atoms with Crippen LogP contribution in [0.4, 0.5) is 0 Å². The molecule has 0 saturated carbocycles. The molecule has 1 aromatic rings. The second-order valence-corrected chi connectivity index (χ2v) is 6.50. The summed E-state index contributed by atoms with van der Waals surface area (Å²) in [5, 5.41) is 3.80. The molecule has 20 heavy (non-hydrogen) atoms. The topological polar surface area (TPSA) is 21.3 Å². The molecular weight excluding hydrogens is 246 g/mol. The largest absolute Gasteiger partial charge is 0.371 e. The fourth-order valence-electron chi connectivity index (χ4n) is 3.10. The van der Waals surface area contributed by atoms with E-state index in [2.05, 4.69) is 63.3 Å². The van der Waals surface area contributed by atoms with Gasteiger partial charge in [-0.2, -0.15) is 0 Å². The Balaban J connectivity index is 2.25. The van der Waals surface area contributed by atoms with Gasteiger partial charge >= 0.3 is 0 Å². The molecular formula is C18H29NO. The Bertz CT molecular complexity index is 397. The molecule has 112 valence electrons. The zero-order valence-corrected chi connectivity index (χ0v) is 13.4. The van der Waals surface area contributed by atoms with Gasteiger partial charge in [-0.1, -0.05) is 58.0 Å². The van der Waals surface area contributed by atoms with Crippen molar-refractivity contribution in [2.45, 2.75) is 52.7 Å². The highest BCUT2D eigenvalue weighted by molar-refractivity contribution is 5.20. The average Bonchev–Trinajstić information content (AvgIpc) is 2.68. The van der Waals surface area contributed by atoms with Crippen molar-refractivity contribution in [2.75, 3.05) is 13.2 Å². The highest BCUT2D eigenvalue weighted by Gasteiger charge is 2.36. The Kier molecular flexibility index (Phi) is 5.22. The molecule has 2 nitrogen and oxygen atoms in total. The van der Waals surface area contributed by atoms with E-state index in [0.717, 1.165) is 13.2 Å². The highest BCUT2D eigenvalue weighted by atomic mass is 16.5. The normalized spacial score (nSPS) is 26.4. The summed E-state index contributed by atoms with van der Waals surface area (Å²) in [4.78, 5) is 0. The molecule has 0 spiro atoms. The van der Waals surface area contributed by atoms with Gasteiger partial charge in [-0.25, -0.2) is 0 Å². The van der Waals surface area contributed by atoms with Crippen LogP contribution >= 0.6 is 0 Å². The maximum Gasteiger partial charge on any atom is 0.0980 e. The molecule has 0 aliphatic carbocycles. The minimum absolute atomic E-state index is 0.163. The van der Waals surface area contributed by atoms with E-state index in [1.54, 1.807) is 0 Å². The first kappa shape index (κ1) is 15.5. The number of benzene rings is 1. The van der Waals surface area contributed by atoms with Crippen LogP contribution in [0.3, 0.4) is 0 Å². The number of rotatable bonds is 4. The molecule has 1 aliphatic rings. The quantitative estimate of drug-likeness (QED) is 0.890. The van der Waals surface area contributed by atoms with Crippen molar-refractivity contribution in [2.24, 2.45) is 11.3 Å². The van der Waals surface area contributed by atoms with Crippen LogP contribution in [-0.2, 0) is 4.74 Å². The smallest absolute Gasteiger partial charge is 0.0980 e. The molecule has 2 heteroatoms. The van der Waals surface area contributed by atoms with Gasteiger partial charge < -0.3 is 10.1 Å². The van der Waals surface area contributed by atoms with Gasteiger partial charge in [-0.3, -0.25) is 0 Å². The van der Waals surface area contributed by atoms with Crippen molar-refractivity contribution in [3.63, 3.8) is 0 Å². The second kappa shape index (κ2) is 6.73. The van der Waals surface area contributed by atoms with E-state index < -0.39 is 0 Å². The van der Waals surface area contributed by atoms with Crippen molar-refractivity contribution in [3.05, 3.63) is 35.9 Å². The van der Waals surface area contributed by atoms with Crippen molar-refractivity contribution < 1.29 is 4.74 Å². The van der Waals surface area contributed by atoms with Crippen molar-refractivity contribution in [1.82, 2.24) is 5.32 Å². The van der Waals surface area contributed by atoms with Gasteiger partial charge in [0.15, 0.2) is 0 Å². The summed E-state index contributed by atoms with van der Waals surface area (Å²) >= 11 is 0. The van der Waals surface area contributed by atoms with E-state index in [4.69, 9.17) is 4.74 Å². The maximum absolute atomic E-state index is 6.40. The third kappa shape index (κ3) is 3.24. The zero-order chi connectivity index (χ0) is 14.6. The monoisotopic (exact) mass is 275 g/mol. The third-order valence-electron chi connectivity index (χ3n) is 4.95. The second-order valence-electron chi connectivity index (χ2n) is 6.50. The Morgan fingerprint density at radius 1 is 1.20 bits per heavy atom. The molecule has 1 fully saturated rings. The first-order valence-corrected chi connectivity index (χ1v) is 8.02. The van der Waals surface area contributed by atoms with Gasteiger partial charge in [0.05, 0.1) is 12.7 Å². The average molecular weight is 275 g/mol. The highest BCUT2D eigenvalue weighted by Crippen LogP contribution is 2.35. The van der Waals surface area contributed by atoms with Gasteiger partial charge in [0.1, 0.15) is 0 Å². The summed E-state index contributed by atoms with van der Waals surface area (Å²) in [6.45, 7) is 11.0. The zero-order valence-electron chi connectivity index (χ0n) is 13.4. The Morgan fingerprint density at radius 2 is 1.85 bits per heavy atom. The summed E-state index contributed by atoms with van der Waals surface area (Å²) in [5.74, 6) is 0.560. The molecule has 2 unspecified atom stereocenters. The number of nitrogens with one attached hydrogen (secondary N) is 1. The first-order chi connectivity index (χ1) is 9.62. The molecule has 0 amide bonds. The van der Waals surface area contributed by atoms with Crippen LogP contribution in [-0.4, -0.2) is 19.2 Å². The van der Waals surface area contributed by atoms with Gasteiger partial charge in [-0.05, 0) is 24.3 Å². The van der Waals surface area contributed by atoms with E-state index in [9.17, 15) is 0 Å². The maximum atomic E-state index is 6.40. The molecule has 1 aromatic carbocycles. The molecule has 1 N–H and O–H groups in total. The van der Waals surface area contributed by atoms with E-state index >= 15 is 0 Å². The molecule has 0 bridgehead atoms. The van der Waals surface area contributed by atoms with Crippen LogP contribution in [0.15, 0.2) is 30.3 Å². The predicted octanol–water partition coefficient (Wildman–Crippen LogP) is 4.18. The predicted molar refractivity (Wildman–Crippen MR) is 84.8 cm³/mol. The Hall–Kier alpha value is -0.860. The van der Waals surface area contributed by atoms with Gasteiger partial charge in [0.25, 0.3) is 0 Å². The van der Waals surface area contributed by atoms with E-state index in [-0.39, 0.29) is 11.5 Å². The lowest BCUT2D eigenvalue weighted by atomic mass is 9.83. The van der Waals surface area contributed by atoms with E-state index in [1.165, 1.54) is 18.4 Å². The summed E-state index contributed by atoms with van der Waals surface area (Å²) in [5.41, 5.74) is 1.58. The lowest BCUT2D eigenvalue weighted by Gasteiger charge is -2.29.